The van der Waals surface area contributed by atoms with Crippen molar-refractivity contribution in [1.29, 1.82) is 0 Å². The van der Waals surface area contributed by atoms with Crippen molar-refractivity contribution >= 4 is 38.7 Å². The van der Waals surface area contributed by atoms with E-state index in [-0.39, 0.29) is 0 Å². The van der Waals surface area contributed by atoms with E-state index in [1.54, 1.807) is 0 Å². The molecule has 0 aliphatic heterocycles. The quantitative estimate of drug-likeness (QED) is 0.235. The number of rotatable bonds is 5. The van der Waals surface area contributed by atoms with Crippen LogP contribution in [0.25, 0.3) is 44.1 Å². The highest BCUT2D eigenvalue weighted by atomic mass is 15.1. The van der Waals surface area contributed by atoms with Crippen molar-refractivity contribution in [2.75, 3.05) is 4.90 Å². The molecule has 1 aromatic heterocycles. The molecule has 39 heavy (non-hydrogen) atoms. The van der Waals surface area contributed by atoms with E-state index in [9.17, 15) is 0 Å². The Morgan fingerprint density at radius 1 is 0.359 bits per heavy atom. The molecule has 0 amide bonds. The van der Waals surface area contributed by atoms with Gasteiger partial charge in [0.2, 0.25) is 0 Å². The second-order valence-electron chi connectivity index (χ2n) is 9.72. The van der Waals surface area contributed by atoms with Crippen LogP contribution in [-0.4, -0.2) is 4.98 Å². The number of pyridine rings is 1. The largest absolute Gasteiger partial charge is 0.310 e. The molecule has 0 spiro atoms. The first kappa shape index (κ1) is 22.9. The fraction of sp³-hybridized carbons (Fsp3) is 0. The molecule has 2 nitrogen and oxygen atoms in total. The minimum absolute atomic E-state index is 0.983. The molecule has 6 aromatic carbocycles. The normalized spacial score (nSPS) is 11.1. The second kappa shape index (κ2) is 9.92. The zero-order chi connectivity index (χ0) is 26.0. The monoisotopic (exact) mass is 498 g/mol. The minimum atomic E-state index is 0.983. The van der Waals surface area contributed by atoms with Gasteiger partial charge in [-0.15, -0.1) is 0 Å². The zero-order valence-electron chi connectivity index (χ0n) is 21.4. The average Bonchev–Trinajstić information content (AvgIpc) is 3.02. The smallest absolute Gasteiger partial charge is 0.0709 e. The summed E-state index contributed by atoms with van der Waals surface area (Å²) in [5.74, 6) is 0. The number of nitrogens with zero attached hydrogens (tertiary/aromatic N) is 2. The summed E-state index contributed by atoms with van der Waals surface area (Å²) in [5.41, 5.74) is 8.86. The molecule has 0 saturated carbocycles. The van der Waals surface area contributed by atoms with E-state index in [1.807, 2.05) is 6.07 Å². The van der Waals surface area contributed by atoms with Crippen LogP contribution in [0.3, 0.4) is 0 Å². The summed E-state index contributed by atoms with van der Waals surface area (Å²) in [6, 6.07) is 55.7. The highest BCUT2D eigenvalue weighted by Gasteiger charge is 2.14. The Morgan fingerprint density at radius 3 is 1.90 bits per heavy atom. The van der Waals surface area contributed by atoms with Crippen LogP contribution >= 0.6 is 0 Å². The van der Waals surface area contributed by atoms with Gasteiger partial charge in [-0.05, 0) is 76.5 Å². The summed E-state index contributed by atoms with van der Waals surface area (Å²) >= 11 is 0. The molecule has 7 rings (SSSR count). The third kappa shape index (κ3) is 4.54. The van der Waals surface area contributed by atoms with Gasteiger partial charge in [-0.1, -0.05) is 103 Å². The van der Waals surface area contributed by atoms with Crippen LogP contribution in [0, 0.1) is 0 Å². The molecule has 7 aromatic rings. The van der Waals surface area contributed by atoms with Gasteiger partial charge in [-0.25, -0.2) is 4.98 Å². The zero-order valence-corrected chi connectivity index (χ0v) is 21.4. The van der Waals surface area contributed by atoms with Gasteiger partial charge in [-0.3, -0.25) is 0 Å². The van der Waals surface area contributed by atoms with Crippen molar-refractivity contribution in [3.05, 3.63) is 158 Å². The Balaban J connectivity index is 1.34. The lowest BCUT2D eigenvalue weighted by molar-refractivity contribution is 1.29. The molecule has 0 bridgehead atoms. The van der Waals surface area contributed by atoms with Gasteiger partial charge in [0.25, 0.3) is 0 Å². The van der Waals surface area contributed by atoms with Crippen LogP contribution in [0.1, 0.15) is 0 Å². The molecule has 0 N–H and O–H groups in total. The van der Waals surface area contributed by atoms with Crippen LogP contribution in [0.5, 0.6) is 0 Å². The van der Waals surface area contributed by atoms with Crippen LogP contribution in [0.4, 0.5) is 17.1 Å². The molecule has 0 saturated heterocycles. The summed E-state index contributed by atoms with van der Waals surface area (Å²) in [5, 5.41) is 3.54. The maximum atomic E-state index is 4.93. The molecule has 0 fully saturated rings. The number of hydrogen-bond donors (Lipinski definition) is 0. The third-order valence-electron chi connectivity index (χ3n) is 7.20. The van der Waals surface area contributed by atoms with Crippen molar-refractivity contribution in [3.63, 3.8) is 0 Å². The first-order valence-electron chi connectivity index (χ1n) is 13.2. The van der Waals surface area contributed by atoms with Crippen molar-refractivity contribution in [2.45, 2.75) is 0 Å². The summed E-state index contributed by atoms with van der Waals surface area (Å²) < 4.78 is 0. The number of anilines is 3. The van der Waals surface area contributed by atoms with E-state index in [1.165, 1.54) is 21.9 Å². The minimum Gasteiger partial charge on any atom is -0.310 e. The van der Waals surface area contributed by atoms with E-state index < -0.39 is 0 Å². The maximum Gasteiger partial charge on any atom is 0.0709 e. The Bertz CT molecular complexity index is 1910. The summed E-state index contributed by atoms with van der Waals surface area (Å²) in [6.07, 6.45) is 0. The molecule has 0 aliphatic rings. The lowest BCUT2D eigenvalue weighted by Gasteiger charge is -2.26. The summed E-state index contributed by atoms with van der Waals surface area (Å²) in [7, 11) is 0. The molecule has 1 heterocycles. The van der Waals surface area contributed by atoms with E-state index in [2.05, 4.69) is 157 Å². The van der Waals surface area contributed by atoms with Crippen LogP contribution < -0.4 is 4.90 Å². The number of benzene rings is 6. The van der Waals surface area contributed by atoms with Crippen molar-refractivity contribution in [1.82, 2.24) is 4.98 Å². The standard InChI is InChI=1S/C37H26N2/c1-3-10-27(11-4-1)30-13-9-16-34(25-30)39(33-14-5-2-6-15-33)35-22-20-28-18-19-31(24-32(28)26-35)37-23-21-29-12-7-8-17-36(29)38-37/h1-26H. The summed E-state index contributed by atoms with van der Waals surface area (Å²) in [4.78, 5) is 7.26. The Morgan fingerprint density at radius 2 is 1.03 bits per heavy atom. The van der Waals surface area contributed by atoms with Gasteiger partial charge in [0.1, 0.15) is 0 Å². The Kier molecular flexibility index (Phi) is 5.84. The van der Waals surface area contributed by atoms with Gasteiger partial charge >= 0.3 is 0 Å². The lowest BCUT2D eigenvalue weighted by atomic mass is 10.0. The second-order valence-corrected chi connectivity index (χ2v) is 9.72. The van der Waals surface area contributed by atoms with Crippen LogP contribution in [0.15, 0.2) is 158 Å². The van der Waals surface area contributed by atoms with Crippen molar-refractivity contribution in [2.24, 2.45) is 0 Å². The molecular formula is C37H26N2. The van der Waals surface area contributed by atoms with E-state index in [0.29, 0.717) is 0 Å². The van der Waals surface area contributed by atoms with Gasteiger partial charge < -0.3 is 4.90 Å². The van der Waals surface area contributed by atoms with Gasteiger partial charge in [0, 0.05) is 28.0 Å². The predicted octanol–water partition coefficient (Wildman–Crippen LogP) is 10.2. The van der Waals surface area contributed by atoms with Gasteiger partial charge in [-0.2, -0.15) is 0 Å². The first-order valence-corrected chi connectivity index (χ1v) is 13.2. The Hall–Kier alpha value is -5.21. The fourth-order valence-electron chi connectivity index (χ4n) is 5.24. The summed E-state index contributed by atoms with van der Waals surface area (Å²) in [6.45, 7) is 0. The molecule has 0 atom stereocenters. The average molecular weight is 499 g/mol. The number of para-hydroxylation sites is 2. The van der Waals surface area contributed by atoms with E-state index in [0.717, 1.165) is 39.2 Å². The molecule has 0 unspecified atom stereocenters. The predicted molar refractivity (Wildman–Crippen MR) is 165 cm³/mol. The third-order valence-corrected chi connectivity index (χ3v) is 7.20. The highest BCUT2D eigenvalue weighted by Crippen LogP contribution is 2.38. The first-order chi connectivity index (χ1) is 19.3. The topological polar surface area (TPSA) is 16.1 Å². The number of hydrogen-bond acceptors (Lipinski definition) is 2. The highest BCUT2D eigenvalue weighted by molar-refractivity contribution is 5.93. The van der Waals surface area contributed by atoms with E-state index in [4.69, 9.17) is 4.98 Å². The molecule has 0 aliphatic carbocycles. The molecule has 2 heteroatoms. The molecular weight excluding hydrogens is 472 g/mol. The van der Waals surface area contributed by atoms with Crippen LogP contribution in [-0.2, 0) is 0 Å². The number of aromatic nitrogens is 1. The fourth-order valence-corrected chi connectivity index (χ4v) is 5.24. The van der Waals surface area contributed by atoms with Crippen molar-refractivity contribution in [3.8, 4) is 22.4 Å². The van der Waals surface area contributed by atoms with E-state index >= 15 is 0 Å². The lowest BCUT2D eigenvalue weighted by Crippen LogP contribution is -2.09. The van der Waals surface area contributed by atoms with Crippen LogP contribution in [0.2, 0.25) is 0 Å². The Labute approximate surface area is 228 Å². The van der Waals surface area contributed by atoms with Gasteiger partial charge in [0.15, 0.2) is 0 Å². The number of fused-ring (bicyclic) bond motifs is 2. The molecule has 184 valence electrons. The molecule has 0 radical (unpaired) electrons. The van der Waals surface area contributed by atoms with Crippen molar-refractivity contribution < 1.29 is 0 Å². The van der Waals surface area contributed by atoms with Gasteiger partial charge in [0.05, 0.1) is 11.2 Å². The maximum absolute atomic E-state index is 4.93. The SMILES string of the molecule is c1ccc(-c2cccc(N(c3ccccc3)c3ccc4ccc(-c5ccc6ccccc6n5)cc4c3)c2)cc1.